The standard InChI is InChI=1S/C15H23NO3/c1-5-11(2)16-15(17)9-6-12-10-13(18-3)7-8-14(12)19-4/h7-8,10-11H,5-6,9H2,1-4H3,(H,16,17). The molecule has 4 nitrogen and oxygen atoms in total. The van der Waals surface area contributed by atoms with Crippen molar-refractivity contribution in [2.45, 2.75) is 39.2 Å². The first-order valence-corrected chi connectivity index (χ1v) is 6.61. The molecule has 1 aromatic carbocycles. The summed E-state index contributed by atoms with van der Waals surface area (Å²) >= 11 is 0. The molecule has 0 spiro atoms. The van der Waals surface area contributed by atoms with Crippen LogP contribution < -0.4 is 14.8 Å². The van der Waals surface area contributed by atoms with Gasteiger partial charge in [0.1, 0.15) is 11.5 Å². The third-order valence-electron chi connectivity index (χ3n) is 3.13. The summed E-state index contributed by atoms with van der Waals surface area (Å²) in [4.78, 5) is 11.8. The molecule has 0 bridgehead atoms. The highest BCUT2D eigenvalue weighted by Crippen LogP contribution is 2.25. The maximum absolute atomic E-state index is 11.8. The highest BCUT2D eigenvalue weighted by atomic mass is 16.5. The molecule has 19 heavy (non-hydrogen) atoms. The van der Waals surface area contributed by atoms with Gasteiger partial charge in [0, 0.05) is 12.5 Å². The Bertz CT molecular complexity index is 418. The van der Waals surface area contributed by atoms with Crippen LogP contribution >= 0.6 is 0 Å². The SMILES string of the molecule is CCC(C)NC(=O)CCc1cc(OC)ccc1OC. The van der Waals surface area contributed by atoms with Gasteiger partial charge in [-0.25, -0.2) is 0 Å². The van der Waals surface area contributed by atoms with Crippen molar-refractivity contribution >= 4 is 5.91 Å². The minimum absolute atomic E-state index is 0.0687. The molecule has 1 unspecified atom stereocenters. The molecule has 1 amide bonds. The summed E-state index contributed by atoms with van der Waals surface area (Å²) in [6, 6.07) is 5.84. The molecule has 0 saturated carbocycles. The molecule has 0 heterocycles. The van der Waals surface area contributed by atoms with Gasteiger partial charge in [0.15, 0.2) is 0 Å². The van der Waals surface area contributed by atoms with Gasteiger partial charge in [-0.3, -0.25) is 4.79 Å². The van der Waals surface area contributed by atoms with Crippen LogP contribution in [0.5, 0.6) is 11.5 Å². The van der Waals surface area contributed by atoms with Crippen LogP contribution in [0.3, 0.4) is 0 Å². The number of amides is 1. The number of nitrogens with one attached hydrogen (secondary N) is 1. The summed E-state index contributed by atoms with van der Waals surface area (Å²) in [5.74, 6) is 1.63. The molecule has 1 atom stereocenters. The van der Waals surface area contributed by atoms with Crippen molar-refractivity contribution in [2.24, 2.45) is 0 Å². The van der Waals surface area contributed by atoms with Crippen molar-refractivity contribution in [1.29, 1.82) is 0 Å². The van der Waals surface area contributed by atoms with Gasteiger partial charge in [0.25, 0.3) is 0 Å². The molecule has 0 aliphatic rings. The number of carbonyl (C=O) groups excluding carboxylic acids is 1. The monoisotopic (exact) mass is 265 g/mol. The Hall–Kier alpha value is -1.71. The summed E-state index contributed by atoms with van der Waals surface area (Å²) in [5.41, 5.74) is 0.987. The predicted octanol–water partition coefficient (Wildman–Crippen LogP) is 2.55. The molecule has 0 aromatic heterocycles. The first kappa shape index (κ1) is 15.3. The van der Waals surface area contributed by atoms with Crippen molar-refractivity contribution in [1.82, 2.24) is 5.32 Å². The van der Waals surface area contributed by atoms with E-state index in [2.05, 4.69) is 12.2 Å². The van der Waals surface area contributed by atoms with Crippen LogP contribution in [0.25, 0.3) is 0 Å². The number of benzene rings is 1. The van der Waals surface area contributed by atoms with Gasteiger partial charge in [0.2, 0.25) is 5.91 Å². The second-order valence-electron chi connectivity index (χ2n) is 4.55. The lowest BCUT2D eigenvalue weighted by atomic mass is 10.1. The number of aryl methyl sites for hydroxylation is 1. The van der Waals surface area contributed by atoms with Gasteiger partial charge in [-0.15, -0.1) is 0 Å². The fourth-order valence-corrected chi connectivity index (χ4v) is 1.77. The van der Waals surface area contributed by atoms with Crippen molar-refractivity contribution < 1.29 is 14.3 Å². The zero-order chi connectivity index (χ0) is 14.3. The number of hydrogen-bond donors (Lipinski definition) is 1. The van der Waals surface area contributed by atoms with Gasteiger partial charge in [-0.2, -0.15) is 0 Å². The Morgan fingerprint density at radius 1 is 1.32 bits per heavy atom. The smallest absolute Gasteiger partial charge is 0.220 e. The van der Waals surface area contributed by atoms with E-state index in [1.165, 1.54) is 0 Å². The molecule has 0 radical (unpaired) electrons. The summed E-state index contributed by atoms with van der Waals surface area (Å²) in [7, 11) is 3.26. The summed E-state index contributed by atoms with van der Waals surface area (Å²) in [6.07, 6.45) is 2.03. The molecule has 4 heteroatoms. The van der Waals surface area contributed by atoms with E-state index in [0.717, 1.165) is 23.5 Å². The normalized spacial score (nSPS) is 11.8. The highest BCUT2D eigenvalue weighted by molar-refractivity contribution is 5.76. The van der Waals surface area contributed by atoms with E-state index in [4.69, 9.17) is 9.47 Å². The third kappa shape index (κ3) is 4.81. The van der Waals surface area contributed by atoms with Crippen LogP contribution in [-0.4, -0.2) is 26.2 Å². The minimum Gasteiger partial charge on any atom is -0.497 e. The zero-order valence-electron chi connectivity index (χ0n) is 12.2. The van der Waals surface area contributed by atoms with E-state index in [-0.39, 0.29) is 11.9 Å². The topological polar surface area (TPSA) is 47.6 Å². The van der Waals surface area contributed by atoms with Crippen LogP contribution in [0, 0.1) is 0 Å². The molecule has 1 aromatic rings. The average Bonchev–Trinajstić information content (AvgIpc) is 2.44. The Morgan fingerprint density at radius 3 is 2.63 bits per heavy atom. The van der Waals surface area contributed by atoms with Gasteiger partial charge in [-0.1, -0.05) is 6.92 Å². The lowest BCUT2D eigenvalue weighted by Crippen LogP contribution is -2.32. The molecule has 0 saturated heterocycles. The van der Waals surface area contributed by atoms with E-state index >= 15 is 0 Å². The van der Waals surface area contributed by atoms with E-state index in [1.807, 2.05) is 25.1 Å². The summed E-state index contributed by atoms with van der Waals surface area (Å²) in [5, 5.41) is 2.95. The molecule has 0 fully saturated rings. The third-order valence-corrected chi connectivity index (χ3v) is 3.13. The van der Waals surface area contributed by atoms with Crippen LogP contribution in [0.2, 0.25) is 0 Å². The zero-order valence-corrected chi connectivity index (χ0v) is 12.2. The van der Waals surface area contributed by atoms with Gasteiger partial charge >= 0.3 is 0 Å². The maximum Gasteiger partial charge on any atom is 0.220 e. The molecule has 106 valence electrons. The van der Waals surface area contributed by atoms with Crippen molar-refractivity contribution in [3.8, 4) is 11.5 Å². The summed E-state index contributed by atoms with van der Waals surface area (Å²) < 4.78 is 10.5. The lowest BCUT2D eigenvalue weighted by Gasteiger charge is -2.13. The number of methoxy groups -OCH3 is 2. The first-order chi connectivity index (χ1) is 9.10. The number of ether oxygens (including phenoxy) is 2. The van der Waals surface area contributed by atoms with Crippen molar-refractivity contribution in [3.05, 3.63) is 23.8 Å². The second kappa shape index (κ2) is 7.67. The molecular weight excluding hydrogens is 242 g/mol. The maximum atomic E-state index is 11.8. The number of carbonyl (C=O) groups is 1. The lowest BCUT2D eigenvalue weighted by molar-refractivity contribution is -0.121. The number of hydrogen-bond acceptors (Lipinski definition) is 3. The Balaban J connectivity index is 2.63. The molecule has 1 N–H and O–H groups in total. The highest BCUT2D eigenvalue weighted by Gasteiger charge is 2.09. The van der Waals surface area contributed by atoms with Gasteiger partial charge < -0.3 is 14.8 Å². The number of rotatable bonds is 7. The summed E-state index contributed by atoms with van der Waals surface area (Å²) in [6.45, 7) is 4.06. The molecule has 0 aliphatic heterocycles. The molecular formula is C15H23NO3. The molecule has 1 rings (SSSR count). The fraction of sp³-hybridized carbons (Fsp3) is 0.533. The van der Waals surface area contributed by atoms with Crippen LogP contribution in [0.15, 0.2) is 18.2 Å². The van der Waals surface area contributed by atoms with Crippen molar-refractivity contribution in [2.75, 3.05) is 14.2 Å². The van der Waals surface area contributed by atoms with Crippen LogP contribution in [-0.2, 0) is 11.2 Å². The fourth-order valence-electron chi connectivity index (χ4n) is 1.77. The Kier molecular flexibility index (Phi) is 6.19. The van der Waals surface area contributed by atoms with Gasteiger partial charge in [-0.05, 0) is 43.5 Å². The van der Waals surface area contributed by atoms with E-state index < -0.39 is 0 Å². The Morgan fingerprint density at radius 2 is 2.05 bits per heavy atom. The van der Waals surface area contributed by atoms with Crippen LogP contribution in [0.1, 0.15) is 32.3 Å². The Labute approximate surface area is 115 Å². The van der Waals surface area contributed by atoms with E-state index in [1.54, 1.807) is 14.2 Å². The van der Waals surface area contributed by atoms with Crippen molar-refractivity contribution in [3.63, 3.8) is 0 Å². The predicted molar refractivity (Wildman–Crippen MR) is 75.8 cm³/mol. The van der Waals surface area contributed by atoms with Crippen LogP contribution in [0.4, 0.5) is 0 Å². The van der Waals surface area contributed by atoms with E-state index in [9.17, 15) is 4.79 Å². The minimum atomic E-state index is 0.0687. The van der Waals surface area contributed by atoms with Gasteiger partial charge in [0.05, 0.1) is 14.2 Å². The largest absolute Gasteiger partial charge is 0.497 e. The average molecular weight is 265 g/mol. The molecule has 0 aliphatic carbocycles. The quantitative estimate of drug-likeness (QED) is 0.824. The van der Waals surface area contributed by atoms with E-state index in [0.29, 0.717) is 12.8 Å². The second-order valence-corrected chi connectivity index (χ2v) is 4.55. The first-order valence-electron chi connectivity index (χ1n) is 6.61.